The molecule has 0 saturated carbocycles. The minimum atomic E-state index is 0.689. The molecule has 2 nitrogen and oxygen atoms in total. The number of hydrogen-bond acceptors (Lipinski definition) is 2. The Morgan fingerprint density at radius 2 is 1.95 bits per heavy atom. The molecule has 1 heterocycles. The lowest BCUT2D eigenvalue weighted by atomic mass is 10.2. The first-order chi connectivity index (χ1) is 9.88. The molecular formula is C18H21NO. The van der Waals surface area contributed by atoms with Gasteiger partial charge in [0, 0.05) is 18.5 Å². The first-order valence-corrected chi connectivity index (χ1v) is 7.08. The maximum atomic E-state index is 5.66. The number of ether oxygens (including phenoxy) is 1. The zero-order valence-electron chi connectivity index (χ0n) is 12.0. The Balaban J connectivity index is 1.66. The summed E-state index contributed by atoms with van der Waals surface area (Å²) in [5.74, 6) is 0. The number of rotatable bonds is 7. The van der Waals surface area contributed by atoms with Crippen molar-refractivity contribution in [3.8, 4) is 0 Å². The second-order valence-electron chi connectivity index (χ2n) is 4.72. The molecule has 0 aliphatic carbocycles. The fraction of sp³-hybridized carbons (Fsp3) is 0.278. The molecule has 104 valence electrons. The van der Waals surface area contributed by atoms with Gasteiger partial charge in [0.25, 0.3) is 0 Å². The average Bonchev–Trinajstić information content (AvgIpc) is 2.50. The zero-order valence-corrected chi connectivity index (χ0v) is 12.0. The molecule has 2 aromatic rings. The van der Waals surface area contributed by atoms with Gasteiger partial charge in [-0.2, -0.15) is 0 Å². The Morgan fingerprint density at radius 1 is 1.10 bits per heavy atom. The van der Waals surface area contributed by atoms with Crippen molar-refractivity contribution in [3.63, 3.8) is 0 Å². The summed E-state index contributed by atoms with van der Waals surface area (Å²) in [5, 5.41) is 0. The van der Waals surface area contributed by atoms with E-state index in [0.717, 1.165) is 30.7 Å². The van der Waals surface area contributed by atoms with Crippen LogP contribution in [0, 0.1) is 0 Å². The predicted octanol–water partition coefficient (Wildman–Crippen LogP) is 4.26. The van der Waals surface area contributed by atoms with E-state index < -0.39 is 0 Å². The summed E-state index contributed by atoms with van der Waals surface area (Å²) in [7, 11) is 0. The van der Waals surface area contributed by atoms with Crippen LogP contribution < -0.4 is 0 Å². The third kappa shape index (κ3) is 4.98. The van der Waals surface area contributed by atoms with Crippen LogP contribution in [-0.4, -0.2) is 11.6 Å². The van der Waals surface area contributed by atoms with Crippen molar-refractivity contribution < 1.29 is 4.74 Å². The highest BCUT2D eigenvalue weighted by molar-refractivity contribution is 5.47. The molecule has 20 heavy (non-hydrogen) atoms. The van der Waals surface area contributed by atoms with E-state index >= 15 is 0 Å². The van der Waals surface area contributed by atoms with Crippen molar-refractivity contribution in [2.75, 3.05) is 6.61 Å². The predicted molar refractivity (Wildman–Crippen MR) is 83.4 cm³/mol. The molecule has 0 bridgehead atoms. The van der Waals surface area contributed by atoms with Crippen LogP contribution in [0.3, 0.4) is 0 Å². The number of pyridine rings is 1. The average molecular weight is 267 g/mol. The molecule has 0 atom stereocenters. The first-order valence-electron chi connectivity index (χ1n) is 7.08. The molecule has 0 amide bonds. The van der Waals surface area contributed by atoms with Crippen molar-refractivity contribution >= 4 is 6.08 Å². The van der Waals surface area contributed by atoms with E-state index in [0.29, 0.717) is 6.61 Å². The van der Waals surface area contributed by atoms with Crippen molar-refractivity contribution in [3.05, 3.63) is 71.6 Å². The molecule has 1 aromatic heterocycles. The minimum absolute atomic E-state index is 0.689. The van der Waals surface area contributed by atoms with Crippen molar-refractivity contribution in [2.24, 2.45) is 0 Å². The zero-order chi connectivity index (χ0) is 14.0. The van der Waals surface area contributed by atoms with E-state index in [4.69, 9.17) is 4.74 Å². The lowest BCUT2D eigenvalue weighted by Crippen LogP contribution is -1.98. The van der Waals surface area contributed by atoms with Gasteiger partial charge in [-0.15, -0.1) is 0 Å². The molecule has 2 rings (SSSR count). The van der Waals surface area contributed by atoms with Gasteiger partial charge in [0.15, 0.2) is 0 Å². The van der Waals surface area contributed by atoms with E-state index in [1.807, 2.05) is 37.4 Å². The van der Waals surface area contributed by atoms with Crippen molar-refractivity contribution in [1.82, 2.24) is 4.98 Å². The van der Waals surface area contributed by atoms with Crippen molar-refractivity contribution in [2.45, 2.75) is 26.4 Å². The first kappa shape index (κ1) is 14.5. The Labute approximate surface area is 121 Å². The second kappa shape index (κ2) is 8.28. The fourth-order valence-electron chi connectivity index (χ4n) is 1.99. The molecule has 0 unspecified atom stereocenters. The van der Waals surface area contributed by atoms with E-state index in [9.17, 15) is 0 Å². The fourth-order valence-corrected chi connectivity index (χ4v) is 1.99. The highest BCUT2D eigenvalue weighted by Crippen LogP contribution is 2.06. The summed E-state index contributed by atoms with van der Waals surface area (Å²) >= 11 is 0. The van der Waals surface area contributed by atoms with Gasteiger partial charge in [0.1, 0.15) is 0 Å². The van der Waals surface area contributed by atoms with Gasteiger partial charge in [-0.1, -0.05) is 48.6 Å². The van der Waals surface area contributed by atoms with Crippen LogP contribution in [0.25, 0.3) is 6.08 Å². The number of aromatic nitrogens is 1. The van der Waals surface area contributed by atoms with Crippen molar-refractivity contribution in [1.29, 1.82) is 0 Å². The summed E-state index contributed by atoms with van der Waals surface area (Å²) in [5.41, 5.74) is 3.50. The van der Waals surface area contributed by atoms with E-state index in [2.05, 4.69) is 35.3 Å². The molecular weight excluding hydrogens is 246 g/mol. The number of aryl methyl sites for hydroxylation is 1. The van der Waals surface area contributed by atoms with Gasteiger partial charge in [0.05, 0.1) is 6.61 Å². The Morgan fingerprint density at radius 3 is 2.65 bits per heavy atom. The molecule has 0 spiro atoms. The molecule has 1 aromatic carbocycles. The monoisotopic (exact) mass is 267 g/mol. The second-order valence-corrected chi connectivity index (χ2v) is 4.72. The van der Waals surface area contributed by atoms with Gasteiger partial charge < -0.3 is 4.74 Å². The largest absolute Gasteiger partial charge is 0.377 e. The van der Waals surface area contributed by atoms with Gasteiger partial charge in [-0.05, 0) is 37.0 Å². The van der Waals surface area contributed by atoms with E-state index in [1.165, 1.54) is 5.56 Å². The third-order valence-corrected chi connectivity index (χ3v) is 3.04. The maximum Gasteiger partial charge on any atom is 0.0716 e. The number of allylic oxidation sites excluding steroid dienone is 1. The van der Waals surface area contributed by atoms with E-state index in [-0.39, 0.29) is 0 Å². The summed E-state index contributed by atoms with van der Waals surface area (Å²) in [6.07, 6.45) is 7.96. The van der Waals surface area contributed by atoms with Crippen LogP contribution in [0.1, 0.15) is 30.2 Å². The number of hydrogen-bond donors (Lipinski definition) is 0. The van der Waals surface area contributed by atoms with Crippen LogP contribution in [0.15, 0.2) is 54.7 Å². The minimum Gasteiger partial charge on any atom is -0.377 e. The van der Waals surface area contributed by atoms with Crippen LogP contribution in [0.4, 0.5) is 0 Å². The van der Waals surface area contributed by atoms with Crippen LogP contribution in [0.2, 0.25) is 0 Å². The molecule has 0 saturated heterocycles. The quantitative estimate of drug-likeness (QED) is 0.699. The Bertz CT molecular complexity index is 517. The summed E-state index contributed by atoms with van der Waals surface area (Å²) in [4.78, 5) is 4.45. The molecule has 0 aliphatic rings. The number of nitrogens with zero attached hydrogens (tertiary/aromatic N) is 1. The highest BCUT2D eigenvalue weighted by atomic mass is 16.5. The summed E-state index contributed by atoms with van der Waals surface area (Å²) in [6.45, 7) is 3.47. The molecule has 0 radical (unpaired) electrons. The lowest BCUT2D eigenvalue weighted by molar-refractivity contribution is 0.118. The normalized spacial score (nSPS) is 11.1. The van der Waals surface area contributed by atoms with E-state index in [1.54, 1.807) is 0 Å². The van der Waals surface area contributed by atoms with Gasteiger partial charge in [-0.3, -0.25) is 4.98 Å². The lowest BCUT2D eigenvalue weighted by Gasteiger charge is -2.04. The van der Waals surface area contributed by atoms with Crippen LogP contribution >= 0.6 is 0 Å². The van der Waals surface area contributed by atoms with Crippen LogP contribution in [-0.2, 0) is 17.8 Å². The number of benzene rings is 1. The molecule has 0 fully saturated rings. The third-order valence-electron chi connectivity index (χ3n) is 3.04. The standard InChI is InChI=1S/C18H21NO/c1-2-7-16-11-12-18(19-14-16)10-6-13-20-15-17-8-4-3-5-9-17/h2-5,7-9,11-12,14H,6,10,13,15H2,1H3/b7-2+. The summed E-state index contributed by atoms with van der Waals surface area (Å²) < 4.78 is 5.66. The van der Waals surface area contributed by atoms with Gasteiger partial charge in [-0.25, -0.2) is 0 Å². The van der Waals surface area contributed by atoms with Gasteiger partial charge in [0.2, 0.25) is 0 Å². The molecule has 0 N–H and O–H groups in total. The molecule has 2 heteroatoms. The summed E-state index contributed by atoms with van der Waals surface area (Å²) in [6, 6.07) is 14.5. The Hall–Kier alpha value is -1.93. The van der Waals surface area contributed by atoms with Crippen LogP contribution in [0.5, 0.6) is 0 Å². The maximum absolute atomic E-state index is 5.66. The smallest absolute Gasteiger partial charge is 0.0716 e. The Kier molecular flexibility index (Phi) is 6.00. The SMILES string of the molecule is C/C=C/c1ccc(CCCOCc2ccccc2)nc1. The molecule has 0 aliphatic heterocycles. The van der Waals surface area contributed by atoms with Gasteiger partial charge >= 0.3 is 0 Å². The highest BCUT2D eigenvalue weighted by Gasteiger charge is 1.96. The topological polar surface area (TPSA) is 22.1 Å².